The molecule has 0 heterocycles. The zero-order valence-corrected chi connectivity index (χ0v) is 18.1. The van der Waals surface area contributed by atoms with Gasteiger partial charge in [-0.2, -0.15) is 13.2 Å². The van der Waals surface area contributed by atoms with Crippen LogP contribution in [0.4, 0.5) is 17.6 Å². The van der Waals surface area contributed by atoms with E-state index in [9.17, 15) is 22.4 Å². The summed E-state index contributed by atoms with van der Waals surface area (Å²) in [5, 5.41) is 0. The Labute approximate surface area is 183 Å². The molecule has 0 atom stereocenters. The van der Waals surface area contributed by atoms with Gasteiger partial charge in [-0.25, -0.2) is 4.39 Å². The van der Waals surface area contributed by atoms with E-state index in [1.165, 1.54) is 18.9 Å². The third-order valence-electron chi connectivity index (χ3n) is 4.15. The van der Waals surface area contributed by atoms with Gasteiger partial charge in [0.15, 0.2) is 0 Å². The summed E-state index contributed by atoms with van der Waals surface area (Å²) >= 11 is 1.40. The van der Waals surface area contributed by atoms with Gasteiger partial charge in [-0.3, -0.25) is 4.79 Å². The van der Waals surface area contributed by atoms with Crippen LogP contribution < -0.4 is 0 Å². The number of alkyl halides is 3. The van der Waals surface area contributed by atoms with E-state index in [4.69, 9.17) is 0 Å². The maximum Gasteiger partial charge on any atom is 0.416 e. The van der Waals surface area contributed by atoms with Crippen molar-refractivity contribution in [3.05, 3.63) is 83.7 Å². The smallest absolute Gasteiger partial charge is 0.416 e. The van der Waals surface area contributed by atoms with Gasteiger partial charge in [-0.15, -0.1) is 0 Å². The zero-order chi connectivity index (χ0) is 23.0. The van der Waals surface area contributed by atoms with Gasteiger partial charge in [0.2, 0.25) is 0 Å². The van der Waals surface area contributed by atoms with Crippen molar-refractivity contribution < 1.29 is 27.1 Å². The molecule has 2 nitrogen and oxygen atoms in total. The van der Waals surface area contributed by atoms with Crippen molar-refractivity contribution >= 4 is 17.7 Å². The van der Waals surface area contributed by atoms with Crippen molar-refractivity contribution in [2.45, 2.75) is 36.2 Å². The Kier molecular flexibility index (Phi) is 8.68. The molecule has 0 fully saturated rings. The average molecular weight is 450 g/mol. The van der Waals surface area contributed by atoms with Crippen LogP contribution in [0.3, 0.4) is 0 Å². The Morgan fingerprint density at radius 2 is 1.58 bits per heavy atom. The van der Waals surface area contributed by atoms with Gasteiger partial charge in [-0.05, 0) is 47.5 Å². The molecule has 31 heavy (non-hydrogen) atoms. The van der Waals surface area contributed by atoms with Gasteiger partial charge in [-0.1, -0.05) is 55.9 Å². The number of halogens is 4. The maximum atomic E-state index is 14.3. The van der Waals surface area contributed by atoms with E-state index >= 15 is 0 Å². The monoisotopic (exact) mass is 450 g/mol. The minimum atomic E-state index is -4.59. The van der Waals surface area contributed by atoms with Crippen molar-refractivity contribution in [1.82, 2.24) is 0 Å². The predicted molar refractivity (Wildman–Crippen MR) is 114 cm³/mol. The molecule has 0 N–H and O–H groups in total. The predicted octanol–water partition coefficient (Wildman–Crippen LogP) is 7.40. The molecular weight excluding hydrogens is 428 g/mol. The molecule has 7 heteroatoms. The summed E-state index contributed by atoms with van der Waals surface area (Å²) in [4.78, 5) is 13.1. The summed E-state index contributed by atoms with van der Waals surface area (Å²) in [6.07, 6.45) is -4.44. The summed E-state index contributed by atoms with van der Waals surface area (Å²) in [5.74, 6) is -1.27. The summed E-state index contributed by atoms with van der Waals surface area (Å²) in [7, 11) is 1.33. The number of benzene rings is 3. The number of esters is 1. The Hall–Kier alpha value is -2.80. The van der Waals surface area contributed by atoms with Crippen molar-refractivity contribution in [2.75, 3.05) is 7.11 Å². The van der Waals surface area contributed by atoms with Crippen LogP contribution in [0.2, 0.25) is 0 Å². The van der Waals surface area contributed by atoms with Gasteiger partial charge < -0.3 is 4.74 Å². The first kappa shape index (κ1) is 24.5. The van der Waals surface area contributed by atoms with Crippen molar-refractivity contribution in [1.29, 1.82) is 0 Å². The molecule has 0 bridgehead atoms. The Morgan fingerprint density at radius 3 is 2.19 bits per heavy atom. The number of hydrogen-bond acceptors (Lipinski definition) is 3. The molecule has 0 spiro atoms. The van der Waals surface area contributed by atoms with Crippen LogP contribution >= 0.6 is 11.8 Å². The highest BCUT2D eigenvalue weighted by Crippen LogP contribution is 2.35. The van der Waals surface area contributed by atoms with E-state index in [-0.39, 0.29) is 18.0 Å². The van der Waals surface area contributed by atoms with Crippen LogP contribution in [-0.2, 0) is 22.1 Å². The molecule has 3 rings (SSSR count). The Balaban J connectivity index is 0.00000166. The fraction of sp³-hybridized carbons (Fsp3) is 0.208. The first-order chi connectivity index (χ1) is 14.8. The Morgan fingerprint density at radius 1 is 0.935 bits per heavy atom. The number of carbonyl (C=O) groups excluding carboxylic acids is 1. The van der Waals surface area contributed by atoms with Crippen LogP contribution in [0.5, 0.6) is 0 Å². The lowest BCUT2D eigenvalue weighted by Gasteiger charge is -2.10. The van der Waals surface area contributed by atoms with E-state index < -0.39 is 17.6 Å². The number of methoxy groups -OCH3 is 1. The topological polar surface area (TPSA) is 26.3 Å². The molecule has 0 saturated carbocycles. The third-order valence-corrected chi connectivity index (χ3v) is 5.13. The minimum Gasteiger partial charge on any atom is -0.469 e. The van der Waals surface area contributed by atoms with Gasteiger partial charge in [0.25, 0.3) is 0 Å². The summed E-state index contributed by atoms with van der Waals surface area (Å²) in [6.45, 7) is 4.00. The molecule has 0 aliphatic carbocycles. The van der Waals surface area contributed by atoms with E-state index in [0.29, 0.717) is 11.6 Å². The zero-order valence-electron chi connectivity index (χ0n) is 17.3. The molecule has 0 unspecified atom stereocenters. The summed E-state index contributed by atoms with van der Waals surface area (Å²) in [5.41, 5.74) is 0.352. The number of ether oxygens (including phenoxy) is 1. The highest BCUT2D eigenvalue weighted by atomic mass is 32.2. The van der Waals surface area contributed by atoms with E-state index in [2.05, 4.69) is 4.74 Å². The second-order valence-corrected chi connectivity index (χ2v) is 7.37. The average Bonchev–Trinajstić information content (AvgIpc) is 2.75. The normalized spacial score (nSPS) is 10.8. The fourth-order valence-corrected chi connectivity index (χ4v) is 3.71. The molecule has 0 radical (unpaired) electrons. The SMILES string of the molecule is CC.COC(=O)Cc1cccc(Sc2cccc(-c3ccc(C(F)(F)F)cc3F)c2)c1. The molecule has 3 aromatic carbocycles. The molecule has 3 aromatic rings. The van der Waals surface area contributed by atoms with Crippen molar-refractivity contribution in [3.8, 4) is 11.1 Å². The lowest BCUT2D eigenvalue weighted by molar-refractivity contribution is -0.140. The number of carbonyl (C=O) groups is 1. The van der Waals surface area contributed by atoms with Crippen LogP contribution in [0.15, 0.2) is 76.5 Å². The van der Waals surface area contributed by atoms with Crippen LogP contribution in [0.25, 0.3) is 11.1 Å². The van der Waals surface area contributed by atoms with Crippen molar-refractivity contribution in [3.63, 3.8) is 0 Å². The summed E-state index contributed by atoms with van der Waals surface area (Å²) < 4.78 is 57.2. The summed E-state index contributed by atoms with van der Waals surface area (Å²) in [6, 6.07) is 16.8. The van der Waals surface area contributed by atoms with Gasteiger partial charge in [0.1, 0.15) is 5.82 Å². The van der Waals surface area contributed by atoms with Gasteiger partial charge >= 0.3 is 12.1 Å². The lowest BCUT2D eigenvalue weighted by atomic mass is 10.0. The van der Waals surface area contributed by atoms with E-state index in [0.717, 1.165) is 27.5 Å². The number of rotatable bonds is 5. The molecule has 164 valence electrons. The first-order valence-electron chi connectivity index (χ1n) is 9.57. The first-order valence-corrected chi connectivity index (χ1v) is 10.4. The second kappa shape index (κ2) is 11.0. The van der Waals surface area contributed by atoms with Crippen LogP contribution in [0, 0.1) is 5.82 Å². The highest BCUT2D eigenvalue weighted by molar-refractivity contribution is 7.99. The quantitative estimate of drug-likeness (QED) is 0.299. The number of hydrogen-bond donors (Lipinski definition) is 0. The molecule has 0 aliphatic rings. The fourth-order valence-electron chi connectivity index (χ4n) is 2.75. The van der Waals surface area contributed by atoms with Gasteiger partial charge in [0, 0.05) is 15.4 Å². The van der Waals surface area contributed by atoms with Crippen LogP contribution in [0.1, 0.15) is 25.0 Å². The lowest BCUT2D eigenvalue weighted by Crippen LogP contribution is -2.05. The minimum absolute atomic E-state index is 0.0971. The highest BCUT2D eigenvalue weighted by Gasteiger charge is 2.31. The van der Waals surface area contributed by atoms with Crippen LogP contribution in [-0.4, -0.2) is 13.1 Å². The molecular formula is C24H22F4O2S. The van der Waals surface area contributed by atoms with Gasteiger partial charge in [0.05, 0.1) is 19.1 Å². The molecule has 0 aromatic heterocycles. The maximum absolute atomic E-state index is 14.3. The molecule has 0 aliphatic heterocycles. The largest absolute Gasteiger partial charge is 0.469 e. The Bertz CT molecular complexity index is 1030. The van der Waals surface area contributed by atoms with E-state index in [1.807, 2.05) is 44.2 Å². The standard InChI is InChI=1S/C22H16F4O2S.C2H6/c1-28-21(27)11-14-4-2-6-17(10-14)29-18-7-3-5-15(12-18)19-9-8-16(13-20(19)23)22(24,25)26;1-2/h2-10,12-13H,11H2,1H3;1-2H3. The second-order valence-electron chi connectivity index (χ2n) is 6.22. The molecule has 0 amide bonds. The van der Waals surface area contributed by atoms with E-state index in [1.54, 1.807) is 18.2 Å². The molecule has 0 saturated heterocycles. The van der Waals surface area contributed by atoms with Crippen molar-refractivity contribution in [2.24, 2.45) is 0 Å². The third kappa shape index (κ3) is 6.85.